The Morgan fingerprint density at radius 3 is 0.818 bits per heavy atom. The summed E-state index contributed by atoms with van der Waals surface area (Å²) in [6.07, 6.45) is 86.3. The summed E-state index contributed by atoms with van der Waals surface area (Å²) in [5.41, 5.74) is 0. The van der Waals surface area contributed by atoms with Gasteiger partial charge in [0.05, 0.1) is 0 Å². The zero-order chi connectivity index (χ0) is 55.7. The Balaban J connectivity index is 4.03. The smallest absolute Gasteiger partial charge is 0.306 e. The number of allylic oxidation sites excluding steroid dienone is 14. The van der Waals surface area contributed by atoms with Crippen molar-refractivity contribution in [1.29, 1.82) is 0 Å². The summed E-state index contributed by atoms with van der Waals surface area (Å²) in [5, 5.41) is 0. The third-order valence-electron chi connectivity index (χ3n) is 14.4. The van der Waals surface area contributed by atoms with Gasteiger partial charge in [-0.3, -0.25) is 14.4 Å². The lowest BCUT2D eigenvalue weighted by Crippen LogP contribution is -2.30. The zero-order valence-electron chi connectivity index (χ0n) is 51.0. The number of carbonyl (C=O) groups excluding carboxylic acids is 3. The summed E-state index contributed by atoms with van der Waals surface area (Å²) >= 11 is 0. The summed E-state index contributed by atoms with van der Waals surface area (Å²) in [6.45, 7) is 6.49. The van der Waals surface area contributed by atoms with E-state index in [9.17, 15) is 14.4 Å². The Morgan fingerprint density at radius 1 is 0.273 bits per heavy atom. The Labute approximate surface area is 477 Å². The van der Waals surface area contributed by atoms with Crippen LogP contribution in [0, 0.1) is 0 Å². The van der Waals surface area contributed by atoms with Crippen LogP contribution in [0.1, 0.15) is 329 Å². The Bertz CT molecular complexity index is 1470. The van der Waals surface area contributed by atoms with Crippen LogP contribution in [-0.4, -0.2) is 37.2 Å². The van der Waals surface area contributed by atoms with Crippen molar-refractivity contribution in [2.45, 2.75) is 335 Å². The van der Waals surface area contributed by atoms with Crippen LogP contribution in [0.5, 0.6) is 0 Å². The fraction of sp³-hybridized carbons (Fsp3) is 0.761. The Hall–Kier alpha value is -3.41. The van der Waals surface area contributed by atoms with Gasteiger partial charge in [-0.2, -0.15) is 0 Å². The lowest BCUT2D eigenvalue weighted by molar-refractivity contribution is -0.167. The summed E-state index contributed by atoms with van der Waals surface area (Å²) in [6, 6.07) is 0. The molecule has 0 saturated heterocycles. The van der Waals surface area contributed by atoms with Crippen molar-refractivity contribution in [3.05, 3.63) is 85.1 Å². The highest BCUT2D eigenvalue weighted by Crippen LogP contribution is 2.17. The van der Waals surface area contributed by atoms with Crippen molar-refractivity contribution in [3.8, 4) is 0 Å². The summed E-state index contributed by atoms with van der Waals surface area (Å²) in [4.78, 5) is 38.1. The van der Waals surface area contributed by atoms with E-state index in [0.29, 0.717) is 19.3 Å². The first-order valence-corrected chi connectivity index (χ1v) is 33.1. The first-order valence-electron chi connectivity index (χ1n) is 33.1. The first kappa shape index (κ1) is 73.6. The van der Waals surface area contributed by atoms with E-state index in [1.165, 1.54) is 193 Å². The molecule has 0 aliphatic rings. The molecule has 0 amide bonds. The number of rotatable bonds is 60. The predicted octanol–water partition coefficient (Wildman–Crippen LogP) is 22.7. The van der Waals surface area contributed by atoms with Gasteiger partial charge in [0.15, 0.2) is 6.10 Å². The molecule has 0 aliphatic heterocycles. The van der Waals surface area contributed by atoms with Gasteiger partial charge in [-0.25, -0.2) is 0 Å². The second-order valence-corrected chi connectivity index (χ2v) is 22.0. The van der Waals surface area contributed by atoms with Crippen molar-refractivity contribution < 1.29 is 28.6 Å². The van der Waals surface area contributed by atoms with Crippen molar-refractivity contribution in [2.75, 3.05) is 13.2 Å². The summed E-state index contributed by atoms with van der Waals surface area (Å²) in [7, 11) is 0. The maximum atomic E-state index is 12.9. The van der Waals surface area contributed by atoms with E-state index in [4.69, 9.17) is 14.2 Å². The number of unbranched alkanes of at least 4 members (excludes halogenated alkanes) is 35. The number of ether oxygens (including phenoxy) is 3. The van der Waals surface area contributed by atoms with Crippen molar-refractivity contribution in [1.82, 2.24) is 0 Å². The van der Waals surface area contributed by atoms with Crippen LogP contribution in [0.15, 0.2) is 85.1 Å². The molecule has 0 radical (unpaired) electrons. The number of hydrogen-bond donors (Lipinski definition) is 0. The third kappa shape index (κ3) is 63.3. The van der Waals surface area contributed by atoms with Gasteiger partial charge in [-0.05, 0) is 96.3 Å². The molecule has 0 spiro atoms. The van der Waals surface area contributed by atoms with Gasteiger partial charge in [-0.1, -0.05) is 298 Å². The monoisotopic (exact) mass is 1070 g/mol. The van der Waals surface area contributed by atoms with E-state index in [2.05, 4.69) is 106 Å². The maximum absolute atomic E-state index is 12.9. The molecule has 0 rings (SSSR count). The molecule has 0 N–H and O–H groups in total. The van der Waals surface area contributed by atoms with Crippen LogP contribution in [0.25, 0.3) is 0 Å². The molecule has 0 aromatic rings. The minimum absolute atomic E-state index is 0.0738. The lowest BCUT2D eigenvalue weighted by Gasteiger charge is -2.18. The van der Waals surface area contributed by atoms with Crippen LogP contribution in [0.2, 0.25) is 0 Å². The normalized spacial score (nSPS) is 12.6. The van der Waals surface area contributed by atoms with Gasteiger partial charge in [0.25, 0.3) is 0 Å². The van der Waals surface area contributed by atoms with E-state index in [1.807, 2.05) is 0 Å². The molecular weight excluding hydrogens is 949 g/mol. The standard InChI is InChI=1S/C71H124O6/c1-4-7-10-13-16-18-20-22-24-26-28-29-30-31-32-33-34-35-36-37-38-39-40-41-43-44-46-48-50-52-55-58-61-64-70(73)76-67-68(66-75-69(72)63-60-57-54-15-12-9-6-3)77-71(74)65-62-59-56-53-51-49-47-45-42-27-25-23-21-19-17-14-11-8-5-2/h7,10,16-19,22-25,28-29,31-32,68H,4-6,8-9,11-15,20-21,26-27,30,33-67H2,1-3H3/b10-7-,18-16-,19-17-,24-22-,25-23-,29-28-,32-31-. The second kappa shape index (κ2) is 65.1. The van der Waals surface area contributed by atoms with E-state index < -0.39 is 6.10 Å². The molecule has 0 saturated carbocycles. The van der Waals surface area contributed by atoms with Gasteiger partial charge in [0.2, 0.25) is 0 Å². The second-order valence-electron chi connectivity index (χ2n) is 22.0. The SMILES string of the molecule is CC/C=C\C/C=C\C/C=C\C/C=C\C/C=C\CCCCCCCCCCCCCCCCCCCC(=O)OCC(COC(=O)CCCCCCCCC)OC(=O)CCCCCCCCCCC/C=C\C/C=C\CCCCC. The quantitative estimate of drug-likeness (QED) is 0.0261. The fourth-order valence-corrected chi connectivity index (χ4v) is 9.44. The molecule has 0 aromatic carbocycles. The minimum Gasteiger partial charge on any atom is -0.462 e. The van der Waals surface area contributed by atoms with Crippen LogP contribution in [0.4, 0.5) is 0 Å². The third-order valence-corrected chi connectivity index (χ3v) is 14.4. The highest BCUT2D eigenvalue weighted by molar-refractivity contribution is 5.71. The molecule has 1 unspecified atom stereocenters. The predicted molar refractivity (Wildman–Crippen MR) is 334 cm³/mol. The van der Waals surface area contributed by atoms with Crippen LogP contribution in [0.3, 0.4) is 0 Å². The molecule has 0 aromatic heterocycles. The molecule has 6 nitrogen and oxygen atoms in total. The molecule has 0 aliphatic carbocycles. The van der Waals surface area contributed by atoms with E-state index in [-0.39, 0.29) is 31.1 Å². The highest BCUT2D eigenvalue weighted by Gasteiger charge is 2.19. The average molecular weight is 1070 g/mol. The minimum atomic E-state index is -0.774. The molecule has 0 heterocycles. The largest absolute Gasteiger partial charge is 0.462 e. The van der Waals surface area contributed by atoms with Gasteiger partial charge < -0.3 is 14.2 Å². The van der Waals surface area contributed by atoms with Gasteiger partial charge in [0, 0.05) is 19.3 Å². The topological polar surface area (TPSA) is 78.9 Å². The summed E-state index contributed by atoms with van der Waals surface area (Å²) < 4.78 is 16.8. The fourth-order valence-electron chi connectivity index (χ4n) is 9.44. The van der Waals surface area contributed by atoms with Crippen molar-refractivity contribution in [2.24, 2.45) is 0 Å². The number of esters is 3. The van der Waals surface area contributed by atoms with Crippen molar-refractivity contribution >= 4 is 17.9 Å². The zero-order valence-corrected chi connectivity index (χ0v) is 51.0. The molecule has 0 bridgehead atoms. The number of hydrogen-bond acceptors (Lipinski definition) is 6. The van der Waals surface area contributed by atoms with Crippen LogP contribution >= 0.6 is 0 Å². The van der Waals surface area contributed by atoms with Gasteiger partial charge in [-0.15, -0.1) is 0 Å². The molecule has 6 heteroatoms. The Kier molecular flexibility index (Phi) is 62.2. The first-order chi connectivity index (χ1) is 38.0. The van der Waals surface area contributed by atoms with Gasteiger partial charge in [0.1, 0.15) is 13.2 Å². The molecule has 1 atom stereocenters. The highest BCUT2D eigenvalue weighted by atomic mass is 16.6. The van der Waals surface area contributed by atoms with E-state index in [0.717, 1.165) is 96.3 Å². The average Bonchev–Trinajstić information content (AvgIpc) is 3.43. The molecule has 444 valence electrons. The van der Waals surface area contributed by atoms with E-state index in [1.54, 1.807) is 0 Å². The molecular formula is C71H124O6. The van der Waals surface area contributed by atoms with Crippen molar-refractivity contribution in [3.63, 3.8) is 0 Å². The van der Waals surface area contributed by atoms with Gasteiger partial charge >= 0.3 is 17.9 Å². The van der Waals surface area contributed by atoms with Crippen LogP contribution in [-0.2, 0) is 28.6 Å². The maximum Gasteiger partial charge on any atom is 0.306 e. The summed E-state index contributed by atoms with van der Waals surface area (Å²) in [5.74, 6) is -0.871. The van der Waals surface area contributed by atoms with Crippen LogP contribution < -0.4 is 0 Å². The molecule has 0 fully saturated rings. The molecule has 77 heavy (non-hydrogen) atoms. The lowest BCUT2D eigenvalue weighted by atomic mass is 10.0. The number of carbonyl (C=O) groups is 3. The van der Waals surface area contributed by atoms with E-state index >= 15 is 0 Å². The Morgan fingerprint density at radius 2 is 0.506 bits per heavy atom.